The minimum absolute atomic E-state index is 0.0658. The van der Waals surface area contributed by atoms with Crippen LogP contribution >= 0.6 is 0 Å². The van der Waals surface area contributed by atoms with Crippen molar-refractivity contribution in [2.75, 3.05) is 19.8 Å². The molecule has 1 aromatic carbocycles. The van der Waals surface area contributed by atoms with Gasteiger partial charge in [-0.1, -0.05) is 13.8 Å². The Kier molecular flexibility index (Phi) is 7.08. The van der Waals surface area contributed by atoms with Crippen LogP contribution in [0.5, 0.6) is 5.75 Å². The number of carbonyl (C=O) groups excluding carboxylic acids is 4. The third-order valence-corrected chi connectivity index (χ3v) is 7.64. The van der Waals surface area contributed by atoms with Crippen LogP contribution < -0.4 is 4.74 Å². The van der Waals surface area contributed by atoms with Crippen LogP contribution in [-0.2, 0) is 14.3 Å². The van der Waals surface area contributed by atoms with Crippen molar-refractivity contribution in [3.05, 3.63) is 29.1 Å². The molecule has 3 aliphatic carbocycles. The van der Waals surface area contributed by atoms with Crippen LogP contribution in [-0.4, -0.2) is 42.8 Å². The van der Waals surface area contributed by atoms with E-state index in [1.807, 2.05) is 0 Å². The summed E-state index contributed by atoms with van der Waals surface area (Å²) >= 11 is 0. The first-order valence-corrected chi connectivity index (χ1v) is 12.2. The second-order valence-corrected chi connectivity index (χ2v) is 10.7. The first-order chi connectivity index (χ1) is 16.2. The summed E-state index contributed by atoms with van der Waals surface area (Å²) in [7, 11) is 0. The predicted octanol–water partition coefficient (Wildman–Crippen LogP) is 4.94. The largest absolute Gasteiger partial charge is 0.493 e. The number of rotatable bonds is 5. The standard InChI is InChI=1S/C25H32FNO4.CO2/c1-15-7-17-8-16(2)12-25(11-15,13-17)14-31-22-10-21(26)20(9-19(22)18-3-4-18)23(28)27-5-6-30-24(27)29;2-1-3/h9-10,15-18H,3-8,11-14H2,1-2H3;. The molecule has 1 heterocycles. The number of fused-ring (bicyclic) bond motifs is 2. The SMILES string of the molecule is CC1CC2CC(C)CC(COc3cc(F)c(C(=O)N4CCOC4=O)cc3C3CC3)(C1)C2.O=C=O. The number of cyclic esters (lactones) is 1. The minimum Gasteiger partial charge on any atom is -0.493 e. The van der Waals surface area contributed by atoms with Crippen LogP contribution in [0.1, 0.15) is 80.6 Å². The zero-order valence-corrected chi connectivity index (χ0v) is 19.8. The zero-order valence-electron chi connectivity index (χ0n) is 19.8. The van der Waals surface area contributed by atoms with Crippen molar-refractivity contribution in [1.29, 1.82) is 0 Å². The van der Waals surface area contributed by atoms with E-state index in [2.05, 4.69) is 13.8 Å². The lowest BCUT2D eigenvalue weighted by molar-refractivity contribution is -0.191. The molecule has 8 heteroatoms. The molecule has 5 rings (SSSR count). The Labute approximate surface area is 199 Å². The molecule has 2 unspecified atom stereocenters. The summed E-state index contributed by atoms with van der Waals surface area (Å²) in [5.41, 5.74) is 1.01. The average molecular weight is 474 g/mol. The summed E-state index contributed by atoms with van der Waals surface area (Å²) in [6.45, 7) is 5.62. The summed E-state index contributed by atoms with van der Waals surface area (Å²) in [5.74, 6) is 1.79. The van der Waals surface area contributed by atoms with Crippen LogP contribution in [0.15, 0.2) is 12.1 Å². The van der Waals surface area contributed by atoms with Gasteiger partial charge >= 0.3 is 12.2 Å². The van der Waals surface area contributed by atoms with Gasteiger partial charge in [-0.2, -0.15) is 9.59 Å². The van der Waals surface area contributed by atoms with Gasteiger partial charge in [0.15, 0.2) is 0 Å². The van der Waals surface area contributed by atoms with E-state index in [-0.39, 0.29) is 30.3 Å². The Hall–Kier alpha value is -2.73. The van der Waals surface area contributed by atoms with Crippen LogP contribution in [0.3, 0.4) is 0 Å². The molecule has 4 fully saturated rings. The van der Waals surface area contributed by atoms with Gasteiger partial charge in [0, 0.05) is 11.5 Å². The van der Waals surface area contributed by atoms with E-state index in [1.54, 1.807) is 6.07 Å². The van der Waals surface area contributed by atoms with Gasteiger partial charge in [-0.15, -0.1) is 0 Å². The maximum absolute atomic E-state index is 15.0. The topological polar surface area (TPSA) is 90.0 Å². The van der Waals surface area contributed by atoms with Gasteiger partial charge in [0.25, 0.3) is 5.91 Å². The number of hydrogen-bond donors (Lipinski definition) is 0. The normalized spacial score (nSPS) is 30.0. The summed E-state index contributed by atoms with van der Waals surface area (Å²) in [4.78, 5) is 41.7. The molecule has 0 spiro atoms. The van der Waals surface area contributed by atoms with Crippen molar-refractivity contribution in [3.8, 4) is 5.75 Å². The van der Waals surface area contributed by atoms with E-state index in [0.717, 1.165) is 29.2 Å². The molecule has 0 N–H and O–H groups in total. The Bertz CT molecular complexity index is 964. The fraction of sp³-hybridized carbons (Fsp3) is 0.654. The molecule has 7 nitrogen and oxygen atoms in total. The molecule has 2 amide bonds. The number of carbonyl (C=O) groups is 2. The number of amides is 2. The molecular formula is C26H32FNO6. The predicted molar refractivity (Wildman–Crippen MR) is 119 cm³/mol. The highest BCUT2D eigenvalue weighted by Crippen LogP contribution is 2.53. The molecule has 1 saturated heterocycles. The molecule has 184 valence electrons. The first kappa shape index (κ1) is 24.4. The van der Waals surface area contributed by atoms with Gasteiger partial charge in [-0.05, 0) is 80.2 Å². The van der Waals surface area contributed by atoms with Crippen LogP contribution in [0.4, 0.5) is 9.18 Å². The number of hydrogen-bond acceptors (Lipinski definition) is 6. The number of benzene rings is 1. The third kappa shape index (κ3) is 5.17. The summed E-state index contributed by atoms with van der Waals surface area (Å²) in [6, 6.07) is 2.98. The lowest BCUT2D eigenvalue weighted by Crippen LogP contribution is -2.43. The highest BCUT2D eigenvalue weighted by Gasteiger charge is 2.45. The molecule has 3 saturated carbocycles. The molecule has 1 aliphatic heterocycles. The van der Waals surface area contributed by atoms with Gasteiger partial charge in [-0.3, -0.25) is 4.79 Å². The Morgan fingerprint density at radius 3 is 2.38 bits per heavy atom. The molecular weight excluding hydrogens is 441 g/mol. The van der Waals surface area contributed by atoms with Crippen molar-refractivity contribution < 1.29 is 33.0 Å². The number of imide groups is 1. The Balaban J connectivity index is 0.000000868. The number of ether oxygens (including phenoxy) is 2. The van der Waals surface area contributed by atoms with Crippen LogP contribution in [0.2, 0.25) is 0 Å². The Morgan fingerprint density at radius 2 is 1.82 bits per heavy atom. The van der Waals surface area contributed by atoms with Gasteiger partial charge in [0.1, 0.15) is 18.2 Å². The van der Waals surface area contributed by atoms with Crippen molar-refractivity contribution in [3.63, 3.8) is 0 Å². The molecule has 0 aromatic heterocycles. The molecule has 2 atom stereocenters. The van der Waals surface area contributed by atoms with Gasteiger partial charge in [0.2, 0.25) is 0 Å². The van der Waals surface area contributed by atoms with E-state index < -0.39 is 17.8 Å². The summed E-state index contributed by atoms with van der Waals surface area (Å²) in [5, 5.41) is 0. The van der Waals surface area contributed by atoms with Crippen molar-refractivity contribution >= 4 is 18.2 Å². The second-order valence-electron chi connectivity index (χ2n) is 10.7. The van der Waals surface area contributed by atoms with Crippen LogP contribution in [0, 0.1) is 29.0 Å². The summed E-state index contributed by atoms with van der Waals surface area (Å²) in [6.07, 6.45) is 7.74. The first-order valence-electron chi connectivity index (χ1n) is 12.2. The number of halogens is 1. The highest BCUT2D eigenvalue weighted by atomic mass is 19.1. The van der Waals surface area contributed by atoms with Crippen molar-refractivity contribution in [2.45, 2.75) is 64.7 Å². The van der Waals surface area contributed by atoms with E-state index in [4.69, 9.17) is 19.1 Å². The summed E-state index contributed by atoms with van der Waals surface area (Å²) < 4.78 is 26.2. The van der Waals surface area contributed by atoms with Crippen LogP contribution in [0.25, 0.3) is 0 Å². The molecule has 34 heavy (non-hydrogen) atoms. The van der Waals surface area contributed by atoms with Crippen molar-refractivity contribution in [2.24, 2.45) is 23.2 Å². The molecule has 1 aromatic rings. The smallest absolute Gasteiger partial charge is 0.416 e. The maximum Gasteiger partial charge on any atom is 0.416 e. The van der Waals surface area contributed by atoms with Gasteiger partial charge in [-0.25, -0.2) is 14.1 Å². The second kappa shape index (κ2) is 9.87. The van der Waals surface area contributed by atoms with Crippen molar-refractivity contribution in [1.82, 2.24) is 4.90 Å². The monoisotopic (exact) mass is 473 g/mol. The fourth-order valence-electron chi connectivity index (χ4n) is 6.61. The molecule has 4 aliphatic rings. The van der Waals surface area contributed by atoms with E-state index in [9.17, 15) is 9.59 Å². The zero-order chi connectivity index (χ0) is 24.5. The average Bonchev–Trinajstić information content (AvgIpc) is 3.51. The fourth-order valence-corrected chi connectivity index (χ4v) is 6.61. The van der Waals surface area contributed by atoms with Gasteiger partial charge in [0.05, 0.1) is 18.7 Å². The minimum atomic E-state index is -0.704. The quantitative estimate of drug-likeness (QED) is 0.602. The lowest BCUT2D eigenvalue weighted by Gasteiger charge is -2.49. The van der Waals surface area contributed by atoms with Gasteiger partial charge < -0.3 is 9.47 Å². The van der Waals surface area contributed by atoms with E-state index in [0.29, 0.717) is 30.1 Å². The third-order valence-electron chi connectivity index (χ3n) is 7.64. The van der Waals surface area contributed by atoms with E-state index in [1.165, 1.54) is 38.2 Å². The highest BCUT2D eigenvalue weighted by molar-refractivity contribution is 6.04. The van der Waals surface area contributed by atoms with E-state index >= 15 is 4.39 Å². The molecule has 0 radical (unpaired) electrons. The molecule has 2 bridgehead atoms. The lowest BCUT2D eigenvalue weighted by atomic mass is 9.57. The Morgan fingerprint density at radius 1 is 1.18 bits per heavy atom. The number of nitrogens with zero attached hydrogens (tertiary/aromatic N) is 1. The maximum atomic E-state index is 15.0.